The Hall–Kier alpha value is -1.49. The van der Waals surface area contributed by atoms with Crippen molar-refractivity contribution >= 4 is 35.1 Å². The van der Waals surface area contributed by atoms with E-state index in [2.05, 4.69) is 0 Å². The van der Waals surface area contributed by atoms with E-state index in [1.165, 1.54) is 0 Å². The fourth-order valence-corrected chi connectivity index (χ4v) is 3.29. The molecule has 0 aliphatic rings. The minimum Gasteiger partial charge on any atom is -0.265 e. The molecule has 0 fully saturated rings. The number of hydrogen-bond acceptors (Lipinski definition) is 2. The number of rotatable bonds is 5. The first-order chi connectivity index (χ1) is 11.4. The molecule has 24 heavy (non-hydrogen) atoms. The van der Waals surface area contributed by atoms with Gasteiger partial charge < -0.3 is 0 Å². The van der Waals surface area contributed by atoms with Crippen molar-refractivity contribution in [3.8, 4) is 0 Å². The molecule has 0 saturated heterocycles. The highest BCUT2D eigenvalue weighted by Gasteiger charge is 2.31. The maximum Gasteiger partial charge on any atom is 0.423 e. The van der Waals surface area contributed by atoms with E-state index in [1.807, 2.05) is 76.5 Å². The molecule has 0 heterocycles. The van der Waals surface area contributed by atoms with Crippen LogP contribution in [0.5, 0.6) is 0 Å². The van der Waals surface area contributed by atoms with Gasteiger partial charge in [-0.3, -0.25) is 4.90 Å². The number of amides is 2. The Bertz CT molecular complexity index is 682. The van der Waals surface area contributed by atoms with Crippen LogP contribution in [0.4, 0.5) is 10.5 Å². The first kappa shape index (κ1) is 18.8. The minimum absolute atomic E-state index is 0.109. The maximum atomic E-state index is 12.7. The average molecular weight is 364 g/mol. The number of benzene rings is 2. The smallest absolute Gasteiger partial charge is 0.265 e. The summed E-state index contributed by atoms with van der Waals surface area (Å²) in [5, 5.41) is 0.739. The van der Waals surface area contributed by atoms with Crippen LogP contribution in [0.3, 0.4) is 0 Å². The van der Waals surface area contributed by atoms with E-state index in [0.29, 0.717) is 4.48 Å². The summed E-state index contributed by atoms with van der Waals surface area (Å²) in [5.74, 6) is 0. The Morgan fingerprint density at radius 3 is 1.92 bits per heavy atom. The molecule has 2 aromatic rings. The lowest BCUT2D eigenvalue weighted by Crippen LogP contribution is -2.54. The van der Waals surface area contributed by atoms with Crippen LogP contribution in [0, 0.1) is 0 Å². The van der Waals surface area contributed by atoms with E-state index in [1.54, 1.807) is 16.7 Å². The van der Waals surface area contributed by atoms with E-state index < -0.39 is 0 Å². The highest BCUT2D eigenvalue weighted by Crippen LogP contribution is 2.30. The molecule has 0 atom stereocenters. The van der Waals surface area contributed by atoms with Crippen molar-refractivity contribution in [2.24, 2.45) is 0 Å². The Labute approximate surface area is 153 Å². The molecule has 0 unspecified atom stereocenters. The summed E-state index contributed by atoms with van der Waals surface area (Å²) in [6.45, 7) is 5.65. The molecular weight excluding hydrogens is 340 g/mol. The zero-order valence-corrected chi connectivity index (χ0v) is 16.2. The summed E-state index contributed by atoms with van der Waals surface area (Å²) in [7, 11) is 3.81. The van der Waals surface area contributed by atoms with E-state index in [-0.39, 0.29) is 6.03 Å². The number of hydrogen-bond donors (Lipinski definition) is 0. The largest absolute Gasteiger partial charge is 0.423 e. The molecule has 0 saturated carbocycles. The third kappa shape index (κ3) is 4.32. The highest BCUT2D eigenvalue weighted by molar-refractivity contribution is 7.99. The fourth-order valence-electron chi connectivity index (χ4n) is 2.34. The molecule has 5 heteroatoms. The molecule has 128 valence electrons. The molecule has 0 bridgehead atoms. The van der Waals surface area contributed by atoms with Crippen LogP contribution < -0.4 is 4.90 Å². The van der Waals surface area contributed by atoms with Crippen LogP contribution in [0.15, 0.2) is 58.3 Å². The van der Waals surface area contributed by atoms with Gasteiger partial charge in [0.1, 0.15) is 0 Å². The molecule has 2 aromatic carbocycles. The summed E-state index contributed by atoms with van der Waals surface area (Å²) in [5.41, 5.74) is 0.909. The third-order valence-corrected chi connectivity index (χ3v) is 5.69. The molecular formula is C19H24ClN2OS+. The lowest BCUT2D eigenvalue weighted by Gasteiger charge is -2.32. The van der Waals surface area contributed by atoms with Crippen LogP contribution in [0.2, 0.25) is 5.02 Å². The summed E-state index contributed by atoms with van der Waals surface area (Å²) in [6, 6.07) is 16.0. The van der Waals surface area contributed by atoms with E-state index in [4.69, 9.17) is 11.6 Å². The molecule has 0 N–H and O–H groups in total. The van der Waals surface area contributed by atoms with Crippen molar-refractivity contribution in [3.05, 3.63) is 53.6 Å². The first-order valence-electron chi connectivity index (χ1n) is 8.06. The molecule has 0 aromatic heterocycles. The van der Waals surface area contributed by atoms with Crippen molar-refractivity contribution < 1.29 is 9.28 Å². The van der Waals surface area contributed by atoms with Crippen LogP contribution in [0.25, 0.3) is 0 Å². The van der Waals surface area contributed by atoms with Gasteiger partial charge in [0.15, 0.2) is 0 Å². The van der Waals surface area contributed by atoms with E-state index >= 15 is 0 Å². The summed E-state index contributed by atoms with van der Waals surface area (Å²) in [4.78, 5) is 16.7. The molecule has 2 amide bonds. The standard InChI is InChI=1S/C19H24ClN2OS/c1-5-22(4,6-2)19(23)21(3)16-9-13-18(14-10-16)24-17-11-7-15(20)8-12-17/h7-14H,5-6H2,1-4H3/q+1. The molecule has 2 rings (SSSR count). The van der Waals surface area contributed by atoms with Crippen LogP contribution in [0.1, 0.15) is 13.8 Å². The van der Waals surface area contributed by atoms with Gasteiger partial charge in [-0.15, -0.1) is 0 Å². The lowest BCUT2D eigenvalue weighted by atomic mass is 10.3. The van der Waals surface area contributed by atoms with Crippen LogP contribution >= 0.6 is 23.4 Å². The molecule has 0 spiro atoms. The van der Waals surface area contributed by atoms with Gasteiger partial charge in [-0.05, 0) is 62.4 Å². The van der Waals surface area contributed by atoms with E-state index in [9.17, 15) is 4.79 Å². The Kier molecular flexibility index (Phi) is 6.33. The Morgan fingerprint density at radius 1 is 1.00 bits per heavy atom. The van der Waals surface area contributed by atoms with Crippen molar-refractivity contribution in [3.63, 3.8) is 0 Å². The van der Waals surface area contributed by atoms with Gasteiger partial charge in [0.05, 0.1) is 20.1 Å². The predicted molar refractivity (Wildman–Crippen MR) is 103 cm³/mol. The third-order valence-electron chi connectivity index (χ3n) is 4.42. The number of carbonyl (C=O) groups excluding carboxylic acids is 1. The monoisotopic (exact) mass is 363 g/mol. The van der Waals surface area contributed by atoms with Crippen molar-refractivity contribution in [2.75, 3.05) is 32.1 Å². The second kappa shape index (κ2) is 8.06. The Balaban J connectivity index is 2.11. The SMILES string of the molecule is CC[N+](C)(CC)C(=O)N(C)c1ccc(Sc2ccc(Cl)cc2)cc1. The zero-order chi connectivity index (χ0) is 17.7. The summed E-state index contributed by atoms with van der Waals surface area (Å²) in [6.07, 6.45) is 0. The average Bonchev–Trinajstić information content (AvgIpc) is 2.62. The number of quaternary nitrogens is 1. The number of nitrogens with zero attached hydrogens (tertiary/aromatic N) is 2. The maximum absolute atomic E-state index is 12.7. The number of anilines is 1. The topological polar surface area (TPSA) is 20.3 Å². The fraction of sp³-hybridized carbons (Fsp3) is 0.316. The quantitative estimate of drug-likeness (QED) is 0.650. The van der Waals surface area contributed by atoms with Gasteiger partial charge >= 0.3 is 6.03 Å². The van der Waals surface area contributed by atoms with Crippen molar-refractivity contribution in [1.82, 2.24) is 0 Å². The van der Waals surface area contributed by atoms with Gasteiger partial charge in [-0.1, -0.05) is 23.4 Å². The van der Waals surface area contributed by atoms with E-state index in [0.717, 1.165) is 33.6 Å². The number of halogens is 1. The predicted octanol–water partition coefficient (Wildman–Crippen LogP) is 5.53. The van der Waals surface area contributed by atoms with Gasteiger partial charge in [0.2, 0.25) is 0 Å². The normalized spacial score (nSPS) is 11.4. The molecule has 3 nitrogen and oxygen atoms in total. The molecule has 0 radical (unpaired) electrons. The molecule has 0 aliphatic heterocycles. The second-order valence-corrected chi connectivity index (χ2v) is 7.50. The summed E-state index contributed by atoms with van der Waals surface area (Å²) < 4.78 is 0.401. The lowest BCUT2D eigenvalue weighted by molar-refractivity contribution is -0.824. The van der Waals surface area contributed by atoms with Crippen LogP contribution in [-0.2, 0) is 0 Å². The highest BCUT2D eigenvalue weighted by atomic mass is 35.5. The Morgan fingerprint density at radius 2 is 1.46 bits per heavy atom. The van der Waals surface area contributed by atoms with Crippen molar-refractivity contribution in [2.45, 2.75) is 23.6 Å². The first-order valence-corrected chi connectivity index (χ1v) is 9.25. The zero-order valence-electron chi connectivity index (χ0n) is 14.6. The number of urea groups is 1. The van der Waals surface area contributed by atoms with Crippen LogP contribution in [-0.4, -0.2) is 37.7 Å². The number of carbonyl (C=O) groups is 1. The second-order valence-electron chi connectivity index (χ2n) is 5.92. The van der Waals surface area contributed by atoms with Gasteiger partial charge in [-0.2, -0.15) is 0 Å². The molecule has 0 aliphatic carbocycles. The van der Waals surface area contributed by atoms with Gasteiger partial charge in [-0.25, -0.2) is 9.28 Å². The minimum atomic E-state index is 0.109. The van der Waals surface area contributed by atoms with Gasteiger partial charge in [0.25, 0.3) is 0 Å². The summed E-state index contributed by atoms with van der Waals surface area (Å²) >= 11 is 7.59. The van der Waals surface area contributed by atoms with Gasteiger partial charge in [0, 0.05) is 27.5 Å². The van der Waals surface area contributed by atoms with Crippen molar-refractivity contribution in [1.29, 1.82) is 0 Å².